The molecule has 27 heavy (non-hydrogen) atoms. The second-order valence-corrected chi connectivity index (χ2v) is 8.50. The van der Waals surface area contributed by atoms with Crippen LogP contribution in [0.3, 0.4) is 0 Å². The van der Waals surface area contributed by atoms with Gasteiger partial charge in [-0.3, -0.25) is 4.79 Å². The molecule has 0 bridgehead atoms. The van der Waals surface area contributed by atoms with Crippen LogP contribution in [0.15, 0.2) is 24.3 Å². The van der Waals surface area contributed by atoms with E-state index in [4.69, 9.17) is 16.3 Å². The molecule has 6 heteroatoms. The van der Waals surface area contributed by atoms with E-state index in [0.717, 1.165) is 30.4 Å². The summed E-state index contributed by atoms with van der Waals surface area (Å²) < 4.78 is 5.25. The highest BCUT2D eigenvalue weighted by molar-refractivity contribution is 7.17. The summed E-state index contributed by atoms with van der Waals surface area (Å²) in [6.45, 7) is 4.33. The molecule has 1 N–H and O–H groups in total. The maximum absolute atomic E-state index is 12.5. The smallest absolute Gasteiger partial charge is 0.341 e. The molecule has 1 heterocycles. The first-order valence-electron chi connectivity index (χ1n) is 9.33. The number of esters is 1. The van der Waals surface area contributed by atoms with Crippen molar-refractivity contribution in [3.8, 4) is 0 Å². The summed E-state index contributed by atoms with van der Waals surface area (Å²) in [6.07, 6.45) is 3.80. The van der Waals surface area contributed by atoms with Gasteiger partial charge in [-0.05, 0) is 61.8 Å². The Hall–Kier alpha value is -1.85. The van der Waals surface area contributed by atoms with Crippen LogP contribution in [0.4, 0.5) is 5.00 Å². The van der Waals surface area contributed by atoms with Gasteiger partial charge in [-0.15, -0.1) is 11.3 Å². The Morgan fingerprint density at radius 1 is 1.37 bits per heavy atom. The summed E-state index contributed by atoms with van der Waals surface area (Å²) in [4.78, 5) is 26.2. The second-order valence-electron chi connectivity index (χ2n) is 6.95. The second kappa shape index (κ2) is 8.89. The van der Waals surface area contributed by atoms with E-state index >= 15 is 0 Å². The summed E-state index contributed by atoms with van der Waals surface area (Å²) in [7, 11) is 0. The average Bonchev–Trinajstić information content (AvgIpc) is 2.97. The van der Waals surface area contributed by atoms with Gasteiger partial charge >= 0.3 is 5.97 Å². The van der Waals surface area contributed by atoms with E-state index in [1.54, 1.807) is 6.92 Å². The SMILES string of the molecule is CCOC(=O)c1c(NC(=O)CCc2cccc(Cl)c2)sc2c1CCC(C)C2. The zero-order chi connectivity index (χ0) is 19.4. The highest BCUT2D eigenvalue weighted by Gasteiger charge is 2.29. The lowest BCUT2D eigenvalue weighted by Gasteiger charge is -2.18. The summed E-state index contributed by atoms with van der Waals surface area (Å²) in [5.41, 5.74) is 2.63. The molecule has 1 unspecified atom stereocenters. The number of rotatable bonds is 6. The lowest BCUT2D eigenvalue weighted by atomic mass is 9.88. The fourth-order valence-electron chi connectivity index (χ4n) is 3.40. The van der Waals surface area contributed by atoms with E-state index in [-0.39, 0.29) is 11.9 Å². The number of aryl methyl sites for hydroxylation is 1. The molecule has 1 aliphatic rings. The zero-order valence-corrected chi connectivity index (χ0v) is 17.2. The Morgan fingerprint density at radius 3 is 2.93 bits per heavy atom. The van der Waals surface area contributed by atoms with E-state index in [0.29, 0.717) is 41.0 Å². The van der Waals surface area contributed by atoms with Crippen molar-refractivity contribution >= 4 is 39.8 Å². The lowest BCUT2D eigenvalue weighted by molar-refractivity contribution is -0.116. The van der Waals surface area contributed by atoms with Crippen LogP contribution < -0.4 is 5.32 Å². The quantitative estimate of drug-likeness (QED) is 0.665. The molecule has 0 spiro atoms. The standard InChI is InChI=1S/C21H24ClNO3S/c1-3-26-21(25)19-16-9-7-13(2)11-17(16)27-20(19)23-18(24)10-8-14-5-4-6-15(22)12-14/h4-6,12-13H,3,7-11H2,1-2H3,(H,23,24). The van der Waals surface area contributed by atoms with Crippen molar-refractivity contribution in [2.45, 2.75) is 46.0 Å². The van der Waals surface area contributed by atoms with Gasteiger partial charge in [0.1, 0.15) is 5.00 Å². The molecule has 1 aliphatic carbocycles. The van der Waals surface area contributed by atoms with Gasteiger partial charge in [0.2, 0.25) is 5.91 Å². The molecule has 1 atom stereocenters. The number of hydrogen-bond donors (Lipinski definition) is 1. The zero-order valence-electron chi connectivity index (χ0n) is 15.6. The molecule has 0 fully saturated rings. The van der Waals surface area contributed by atoms with Crippen molar-refractivity contribution in [2.75, 3.05) is 11.9 Å². The van der Waals surface area contributed by atoms with Crippen molar-refractivity contribution in [1.82, 2.24) is 0 Å². The minimum atomic E-state index is -0.338. The maximum atomic E-state index is 12.5. The number of hydrogen-bond acceptors (Lipinski definition) is 4. The molecule has 0 aliphatic heterocycles. The summed E-state index contributed by atoms with van der Waals surface area (Å²) in [5.74, 6) is 0.152. The number of fused-ring (bicyclic) bond motifs is 1. The van der Waals surface area contributed by atoms with E-state index in [1.165, 1.54) is 16.2 Å². The van der Waals surface area contributed by atoms with Gasteiger partial charge in [-0.25, -0.2) is 4.79 Å². The fourth-order valence-corrected chi connectivity index (χ4v) is 5.03. The van der Waals surface area contributed by atoms with Gasteiger partial charge in [0.15, 0.2) is 0 Å². The Bertz CT molecular complexity index is 846. The first-order valence-corrected chi connectivity index (χ1v) is 10.5. The van der Waals surface area contributed by atoms with Crippen LogP contribution in [-0.2, 0) is 28.8 Å². The fraction of sp³-hybridized carbons (Fsp3) is 0.429. The molecule has 4 nitrogen and oxygen atoms in total. The Labute approximate surface area is 168 Å². The number of benzene rings is 1. The van der Waals surface area contributed by atoms with Crippen LogP contribution in [0.1, 0.15) is 53.1 Å². The number of amides is 1. The van der Waals surface area contributed by atoms with Crippen LogP contribution in [0.5, 0.6) is 0 Å². The molecular formula is C21H24ClNO3S. The third-order valence-corrected chi connectivity index (χ3v) is 6.18. The number of nitrogens with one attached hydrogen (secondary N) is 1. The van der Waals surface area contributed by atoms with E-state index in [9.17, 15) is 9.59 Å². The van der Waals surface area contributed by atoms with Crippen LogP contribution in [-0.4, -0.2) is 18.5 Å². The van der Waals surface area contributed by atoms with E-state index in [2.05, 4.69) is 12.2 Å². The summed E-state index contributed by atoms with van der Waals surface area (Å²) >= 11 is 7.51. The highest BCUT2D eigenvalue weighted by Crippen LogP contribution is 2.40. The Balaban J connectivity index is 1.75. The molecule has 1 aromatic heterocycles. The summed E-state index contributed by atoms with van der Waals surface area (Å²) in [5, 5.41) is 4.25. The van der Waals surface area contributed by atoms with Crippen molar-refractivity contribution in [1.29, 1.82) is 0 Å². The normalized spacial score (nSPS) is 15.9. The summed E-state index contributed by atoms with van der Waals surface area (Å²) in [6, 6.07) is 7.51. The lowest BCUT2D eigenvalue weighted by Crippen LogP contribution is -2.16. The third kappa shape index (κ3) is 4.90. The monoisotopic (exact) mass is 405 g/mol. The predicted octanol–water partition coefficient (Wildman–Crippen LogP) is 5.27. The topological polar surface area (TPSA) is 55.4 Å². The molecular weight excluding hydrogens is 382 g/mol. The van der Waals surface area contributed by atoms with Gasteiger partial charge in [0, 0.05) is 16.3 Å². The van der Waals surface area contributed by atoms with Crippen molar-refractivity contribution in [3.63, 3.8) is 0 Å². The van der Waals surface area contributed by atoms with Gasteiger partial charge in [-0.2, -0.15) is 0 Å². The highest BCUT2D eigenvalue weighted by atomic mass is 35.5. The molecule has 0 radical (unpaired) electrons. The molecule has 2 aromatic rings. The first-order chi connectivity index (χ1) is 13.0. The van der Waals surface area contributed by atoms with Crippen molar-refractivity contribution in [3.05, 3.63) is 50.9 Å². The van der Waals surface area contributed by atoms with Crippen molar-refractivity contribution in [2.24, 2.45) is 5.92 Å². The number of carbonyl (C=O) groups is 2. The predicted molar refractivity (Wildman–Crippen MR) is 110 cm³/mol. The molecule has 1 amide bonds. The van der Waals surface area contributed by atoms with Crippen LogP contribution in [0.2, 0.25) is 5.02 Å². The Morgan fingerprint density at radius 2 is 2.19 bits per heavy atom. The van der Waals surface area contributed by atoms with Crippen molar-refractivity contribution < 1.29 is 14.3 Å². The largest absolute Gasteiger partial charge is 0.462 e. The molecule has 3 rings (SSSR count). The van der Waals surface area contributed by atoms with Crippen LogP contribution in [0, 0.1) is 5.92 Å². The van der Waals surface area contributed by atoms with Gasteiger partial charge in [0.25, 0.3) is 0 Å². The van der Waals surface area contributed by atoms with Crippen LogP contribution in [0.25, 0.3) is 0 Å². The van der Waals surface area contributed by atoms with Crippen LogP contribution >= 0.6 is 22.9 Å². The number of thiophene rings is 1. The number of anilines is 1. The number of carbonyl (C=O) groups excluding carboxylic acids is 2. The molecule has 0 saturated carbocycles. The molecule has 144 valence electrons. The third-order valence-electron chi connectivity index (χ3n) is 4.77. The average molecular weight is 406 g/mol. The minimum Gasteiger partial charge on any atom is -0.462 e. The first kappa shape index (κ1) is 19.9. The van der Waals surface area contributed by atoms with E-state index < -0.39 is 0 Å². The van der Waals surface area contributed by atoms with Gasteiger partial charge < -0.3 is 10.1 Å². The van der Waals surface area contributed by atoms with Gasteiger partial charge in [0.05, 0.1) is 12.2 Å². The maximum Gasteiger partial charge on any atom is 0.341 e. The Kier molecular flexibility index (Phi) is 6.55. The minimum absolute atomic E-state index is 0.104. The molecule has 0 saturated heterocycles. The number of ether oxygens (including phenoxy) is 1. The molecule has 1 aromatic carbocycles. The number of halogens is 1. The van der Waals surface area contributed by atoms with E-state index in [1.807, 2.05) is 24.3 Å². The van der Waals surface area contributed by atoms with Gasteiger partial charge in [-0.1, -0.05) is 30.7 Å².